The second-order valence-electron chi connectivity index (χ2n) is 5.43. The van der Waals surface area contributed by atoms with Crippen molar-refractivity contribution < 1.29 is 21.6 Å². The standard InChI is InChI=1S/C16H14F3NO2S/c17-12-8-9-14(16(19)15(12)18)23(21,22)20-13-7-3-5-10-4-1-2-6-11(10)13/h3,5,7-9,20H,1-2,4,6H2. The van der Waals surface area contributed by atoms with Gasteiger partial charge in [-0.25, -0.2) is 21.6 Å². The van der Waals surface area contributed by atoms with E-state index in [0.717, 1.165) is 30.4 Å². The van der Waals surface area contributed by atoms with E-state index in [0.29, 0.717) is 24.2 Å². The Kier molecular flexibility index (Phi) is 4.06. The van der Waals surface area contributed by atoms with Gasteiger partial charge in [-0.2, -0.15) is 0 Å². The highest BCUT2D eigenvalue weighted by Crippen LogP contribution is 2.30. The molecule has 0 atom stereocenters. The first-order valence-corrected chi connectivity index (χ1v) is 8.65. The van der Waals surface area contributed by atoms with Gasteiger partial charge in [0.2, 0.25) is 0 Å². The third-order valence-electron chi connectivity index (χ3n) is 3.93. The molecule has 3 rings (SSSR count). The van der Waals surface area contributed by atoms with Gasteiger partial charge in [-0.1, -0.05) is 12.1 Å². The second kappa shape index (κ2) is 5.88. The van der Waals surface area contributed by atoms with Crippen molar-refractivity contribution in [1.82, 2.24) is 0 Å². The van der Waals surface area contributed by atoms with Crippen LogP contribution in [-0.4, -0.2) is 8.42 Å². The van der Waals surface area contributed by atoms with Crippen molar-refractivity contribution in [3.8, 4) is 0 Å². The molecule has 0 saturated heterocycles. The van der Waals surface area contributed by atoms with Crippen LogP contribution in [0.2, 0.25) is 0 Å². The zero-order chi connectivity index (χ0) is 16.6. The van der Waals surface area contributed by atoms with Crippen molar-refractivity contribution in [2.24, 2.45) is 0 Å². The van der Waals surface area contributed by atoms with Crippen molar-refractivity contribution in [3.63, 3.8) is 0 Å². The van der Waals surface area contributed by atoms with Gasteiger partial charge in [-0.3, -0.25) is 4.72 Å². The Labute approximate surface area is 132 Å². The van der Waals surface area contributed by atoms with Crippen LogP contribution in [0.25, 0.3) is 0 Å². The molecule has 3 nitrogen and oxygen atoms in total. The summed E-state index contributed by atoms with van der Waals surface area (Å²) in [6.07, 6.45) is 3.53. The molecule has 1 aliphatic carbocycles. The van der Waals surface area contributed by atoms with Crippen LogP contribution < -0.4 is 4.72 Å². The summed E-state index contributed by atoms with van der Waals surface area (Å²) in [4.78, 5) is -0.912. The highest BCUT2D eigenvalue weighted by atomic mass is 32.2. The first-order valence-electron chi connectivity index (χ1n) is 7.17. The SMILES string of the molecule is O=S(=O)(Nc1cccc2c1CCCC2)c1ccc(F)c(F)c1F. The predicted molar refractivity (Wildman–Crippen MR) is 80.2 cm³/mol. The molecule has 23 heavy (non-hydrogen) atoms. The van der Waals surface area contributed by atoms with E-state index in [-0.39, 0.29) is 0 Å². The number of benzene rings is 2. The Morgan fingerprint density at radius 1 is 0.913 bits per heavy atom. The second-order valence-corrected chi connectivity index (χ2v) is 7.08. The highest BCUT2D eigenvalue weighted by molar-refractivity contribution is 7.92. The first-order chi connectivity index (χ1) is 10.9. The van der Waals surface area contributed by atoms with Crippen molar-refractivity contribution in [2.45, 2.75) is 30.6 Å². The number of fused-ring (bicyclic) bond motifs is 1. The number of halogens is 3. The van der Waals surface area contributed by atoms with Gasteiger partial charge in [0, 0.05) is 0 Å². The fourth-order valence-electron chi connectivity index (χ4n) is 2.79. The van der Waals surface area contributed by atoms with Crippen molar-refractivity contribution in [2.75, 3.05) is 4.72 Å². The molecule has 0 unspecified atom stereocenters. The van der Waals surface area contributed by atoms with Crippen LogP contribution in [0.15, 0.2) is 35.2 Å². The molecule has 0 aliphatic heterocycles. The number of rotatable bonds is 3. The van der Waals surface area contributed by atoms with Gasteiger partial charge in [0.05, 0.1) is 5.69 Å². The molecule has 1 N–H and O–H groups in total. The Hall–Kier alpha value is -2.02. The molecule has 0 spiro atoms. The van der Waals surface area contributed by atoms with Crippen LogP contribution in [0.1, 0.15) is 24.0 Å². The average molecular weight is 341 g/mol. The molecule has 0 amide bonds. The van der Waals surface area contributed by atoms with Crippen LogP contribution in [0.4, 0.5) is 18.9 Å². The van der Waals surface area contributed by atoms with Gasteiger partial charge in [-0.15, -0.1) is 0 Å². The summed E-state index contributed by atoms with van der Waals surface area (Å²) in [5.74, 6) is -4.95. The minimum Gasteiger partial charge on any atom is -0.279 e. The summed E-state index contributed by atoms with van der Waals surface area (Å²) < 4.78 is 67.0. The zero-order valence-electron chi connectivity index (χ0n) is 12.1. The lowest BCUT2D eigenvalue weighted by Gasteiger charge is -2.20. The van der Waals surface area contributed by atoms with Crippen LogP contribution in [0.3, 0.4) is 0 Å². The smallest absolute Gasteiger partial charge is 0.264 e. The van der Waals surface area contributed by atoms with Gasteiger partial charge >= 0.3 is 0 Å². The Morgan fingerprint density at radius 2 is 1.65 bits per heavy atom. The van der Waals surface area contributed by atoms with Gasteiger partial charge < -0.3 is 0 Å². The summed E-state index contributed by atoms with van der Waals surface area (Å²) in [5.41, 5.74) is 2.26. The highest BCUT2D eigenvalue weighted by Gasteiger charge is 2.25. The summed E-state index contributed by atoms with van der Waals surface area (Å²) in [7, 11) is -4.35. The number of nitrogens with one attached hydrogen (secondary N) is 1. The van der Waals surface area contributed by atoms with E-state index in [4.69, 9.17) is 0 Å². The monoisotopic (exact) mass is 341 g/mol. The van der Waals surface area contributed by atoms with Gasteiger partial charge in [-0.05, 0) is 55.0 Å². The molecular formula is C16H14F3NO2S. The zero-order valence-corrected chi connectivity index (χ0v) is 12.9. The van der Waals surface area contributed by atoms with Crippen LogP contribution in [0, 0.1) is 17.5 Å². The maximum atomic E-state index is 13.8. The van der Waals surface area contributed by atoms with E-state index in [1.54, 1.807) is 12.1 Å². The summed E-state index contributed by atoms with van der Waals surface area (Å²) >= 11 is 0. The van der Waals surface area contributed by atoms with Crippen molar-refractivity contribution in [3.05, 3.63) is 58.9 Å². The van der Waals surface area contributed by atoms with Gasteiger partial charge in [0.15, 0.2) is 17.5 Å². The van der Waals surface area contributed by atoms with E-state index in [2.05, 4.69) is 4.72 Å². The Bertz CT molecular complexity index is 866. The molecule has 0 radical (unpaired) electrons. The summed E-state index contributed by atoms with van der Waals surface area (Å²) in [6, 6.07) is 6.52. The lowest BCUT2D eigenvalue weighted by atomic mass is 9.91. The Morgan fingerprint density at radius 3 is 2.43 bits per heavy atom. The average Bonchev–Trinajstić information content (AvgIpc) is 2.52. The van der Waals surface area contributed by atoms with Crippen LogP contribution in [0.5, 0.6) is 0 Å². The van der Waals surface area contributed by atoms with E-state index in [1.807, 2.05) is 6.07 Å². The molecule has 0 saturated carbocycles. The molecule has 2 aromatic carbocycles. The summed E-state index contributed by atoms with van der Waals surface area (Å²) in [5, 5.41) is 0. The van der Waals surface area contributed by atoms with E-state index >= 15 is 0 Å². The summed E-state index contributed by atoms with van der Waals surface area (Å²) in [6.45, 7) is 0. The molecule has 7 heteroatoms. The number of hydrogen-bond donors (Lipinski definition) is 1. The van der Waals surface area contributed by atoms with Gasteiger partial charge in [0.1, 0.15) is 4.90 Å². The molecule has 1 aliphatic rings. The molecule has 0 heterocycles. The lowest BCUT2D eigenvalue weighted by Crippen LogP contribution is -2.18. The molecule has 0 fully saturated rings. The van der Waals surface area contributed by atoms with E-state index < -0.39 is 32.4 Å². The topological polar surface area (TPSA) is 46.2 Å². The number of sulfonamides is 1. The molecule has 2 aromatic rings. The molecule has 0 bridgehead atoms. The van der Waals surface area contributed by atoms with Crippen molar-refractivity contribution >= 4 is 15.7 Å². The first kappa shape index (κ1) is 15.9. The number of anilines is 1. The van der Waals surface area contributed by atoms with Crippen LogP contribution >= 0.6 is 0 Å². The van der Waals surface area contributed by atoms with Crippen molar-refractivity contribution in [1.29, 1.82) is 0 Å². The largest absolute Gasteiger partial charge is 0.279 e. The van der Waals surface area contributed by atoms with Crippen LogP contribution in [-0.2, 0) is 22.9 Å². The number of hydrogen-bond acceptors (Lipinski definition) is 2. The minimum absolute atomic E-state index is 0.353. The lowest BCUT2D eigenvalue weighted by molar-refractivity contribution is 0.432. The molecule has 122 valence electrons. The maximum Gasteiger partial charge on any atom is 0.264 e. The fourth-order valence-corrected chi connectivity index (χ4v) is 3.96. The third-order valence-corrected chi connectivity index (χ3v) is 5.31. The minimum atomic E-state index is -4.35. The third kappa shape index (κ3) is 2.93. The number of aryl methyl sites for hydroxylation is 1. The van der Waals surface area contributed by atoms with Gasteiger partial charge in [0.25, 0.3) is 10.0 Å². The molecule has 0 aromatic heterocycles. The predicted octanol–water partition coefficient (Wildman–Crippen LogP) is 3.78. The van der Waals surface area contributed by atoms with E-state index in [1.165, 1.54) is 0 Å². The quantitative estimate of drug-likeness (QED) is 0.864. The van der Waals surface area contributed by atoms with E-state index in [9.17, 15) is 21.6 Å². The normalized spacial score (nSPS) is 14.4. The maximum absolute atomic E-state index is 13.8. The Balaban J connectivity index is 2.01. The molecular weight excluding hydrogens is 327 g/mol. The fraction of sp³-hybridized carbons (Fsp3) is 0.250.